The molecule has 0 aliphatic heterocycles. The predicted octanol–water partition coefficient (Wildman–Crippen LogP) is -0.0393. The number of hydrogen-bond donors (Lipinski definition) is 1. The van der Waals surface area contributed by atoms with Gasteiger partial charge in [0.1, 0.15) is 9.84 Å². The van der Waals surface area contributed by atoms with E-state index in [1.165, 1.54) is 13.4 Å². The smallest absolute Gasteiger partial charge is 0.307 e. The van der Waals surface area contributed by atoms with Crippen LogP contribution in [0.1, 0.15) is 20.3 Å². The molecule has 0 fully saturated rings. The molecule has 0 aromatic heterocycles. The normalized spacial score (nSPS) is 15.7. The molecule has 0 aliphatic carbocycles. The number of hydrogen-bond acceptors (Lipinski definition) is 5. The first-order valence-electron chi connectivity index (χ1n) is 4.75. The molecule has 2 unspecified atom stereocenters. The van der Waals surface area contributed by atoms with Gasteiger partial charge >= 0.3 is 5.97 Å². The van der Waals surface area contributed by atoms with Gasteiger partial charge < -0.3 is 10.1 Å². The predicted molar refractivity (Wildman–Crippen MR) is 58.4 cm³/mol. The summed E-state index contributed by atoms with van der Waals surface area (Å²) in [6.07, 6.45) is 1.43. The summed E-state index contributed by atoms with van der Waals surface area (Å²) in [4.78, 5) is 10.9. The minimum Gasteiger partial charge on any atom is -0.469 e. The van der Waals surface area contributed by atoms with Crippen molar-refractivity contribution in [2.45, 2.75) is 32.4 Å². The van der Waals surface area contributed by atoms with Crippen molar-refractivity contribution in [1.29, 1.82) is 0 Å². The first kappa shape index (κ1) is 14.4. The molecule has 0 spiro atoms. The van der Waals surface area contributed by atoms with Gasteiger partial charge in [-0.3, -0.25) is 4.79 Å². The molecular formula is C9H19NO4S. The summed E-state index contributed by atoms with van der Waals surface area (Å²) < 4.78 is 26.4. The van der Waals surface area contributed by atoms with Crippen LogP contribution in [-0.2, 0) is 19.4 Å². The Morgan fingerprint density at radius 3 is 2.27 bits per heavy atom. The van der Waals surface area contributed by atoms with Gasteiger partial charge in [0.15, 0.2) is 0 Å². The van der Waals surface area contributed by atoms with E-state index in [2.05, 4.69) is 10.1 Å². The SMILES string of the molecule is COC(=O)CC(C)NC(C)CS(C)(=O)=O. The van der Waals surface area contributed by atoms with Gasteiger partial charge in [0.05, 0.1) is 19.3 Å². The van der Waals surface area contributed by atoms with E-state index in [0.717, 1.165) is 0 Å². The molecule has 2 atom stereocenters. The quantitative estimate of drug-likeness (QED) is 0.656. The Bertz CT molecular complexity index is 299. The molecule has 5 nitrogen and oxygen atoms in total. The third kappa shape index (κ3) is 8.38. The maximum atomic E-state index is 11.0. The van der Waals surface area contributed by atoms with Crippen LogP contribution >= 0.6 is 0 Å². The first-order chi connectivity index (χ1) is 6.74. The average molecular weight is 237 g/mol. The molecule has 6 heteroatoms. The van der Waals surface area contributed by atoms with Crippen molar-refractivity contribution >= 4 is 15.8 Å². The summed E-state index contributed by atoms with van der Waals surface area (Å²) in [6.45, 7) is 3.59. The minimum atomic E-state index is -2.98. The summed E-state index contributed by atoms with van der Waals surface area (Å²) in [7, 11) is -1.65. The van der Waals surface area contributed by atoms with Gasteiger partial charge in [0.2, 0.25) is 0 Å². The highest BCUT2D eigenvalue weighted by Gasteiger charge is 2.15. The Kier molecular flexibility index (Phi) is 5.82. The Morgan fingerprint density at radius 1 is 1.33 bits per heavy atom. The van der Waals surface area contributed by atoms with Gasteiger partial charge in [-0.05, 0) is 13.8 Å². The van der Waals surface area contributed by atoms with Crippen LogP contribution in [0, 0.1) is 0 Å². The zero-order valence-corrected chi connectivity index (χ0v) is 10.4. The summed E-state index contributed by atoms with van der Waals surface area (Å²) in [5, 5.41) is 3.02. The van der Waals surface area contributed by atoms with Crippen LogP contribution < -0.4 is 5.32 Å². The van der Waals surface area contributed by atoms with Gasteiger partial charge in [0.25, 0.3) is 0 Å². The standard InChI is InChI=1S/C9H19NO4S/c1-7(5-9(11)14-3)10-8(2)6-15(4,12)13/h7-8,10H,5-6H2,1-4H3. The van der Waals surface area contributed by atoms with Gasteiger partial charge in [-0.1, -0.05) is 0 Å². The third-order valence-electron chi connectivity index (χ3n) is 1.82. The molecule has 90 valence electrons. The molecule has 0 rings (SSSR count). The van der Waals surface area contributed by atoms with Crippen molar-refractivity contribution < 1.29 is 17.9 Å². The largest absolute Gasteiger partial charge is 0.469 e. The molecule has 0 heterocycles. The van der Waals surface area contributed by atoms with E-state index < -0.39 is 9.84 Å². The minimum absolute atomic E-state index is 0.0680. The van der Waals surface area contributed by atoms with Crippen molar-refractivity contribution in [2.24, 2.45) is 0 Å². The second-order valence-corrected chi connectivity index (χ2v) is 6.03. The molecule has 15 heavy (non-hydrogen) atoms. The second kappa shape index (κ2) is 6.07. The van der Waals surface area contributed by atoms with E-state index >= 15 is 0 Å². The lowest BCUT2D eigenvalue weighted by molar-refractivity contribution is -0.141. The maximum Gasteiger partial charge on any atom is 0.307 e. The summed E-state index contributed by atoms with van der Waals surface area (Å²) in [5.74, 6) is -0.236. The fourth-order valence-electron chi connectivity index (χ4n) is 1.38. The number of esters is 1. The molecule has 0 saturated heterocycles. The van der Waals surface area contributed by atoms with Crippen LogP contribution in [0.5, 0.6) is 0 Å². The van der Waals surface area contributed by atoms with E-state index in [0.29, 0.717) is 0 Å². The molecule has 1 N–H and O–H groups in total. The highest BCUT2D eigenvalue weighted by atomic mass is 32.2. The van der Waals surface area contributed by atoms with Gasteiger partial charge in [-0.15, -0.1) is 0 Å². The Labute approximate surface area is 91.1 Å². The average Bonchev–Trinajstić information content (AvgIpc) is 1.99. The summed E-state index contributed by atoms with van der Waals surface area (Å²) >= 11 is 0. The van der Waals surface area contributed by atoms with Crippen LogP contribution in [0.3, 0.4) is 0 Å². The van der Waals surface area contributed by atoms with Crippen molar-refractivity contribution in [2.75, 3.05) is 19.1 Å². The molecule has 0 saturated carbocycles. The molecule has 0 aromatic rings. The number of carbonyl (C=O) groups excluding carboxylic acids is 1. The summed E-state index contributed by atoms with van der Waals surface area (Å²) in [5.41, 5.74) is 0. The lowest BCUT2D eigenvalue weighted by Crippen LogP contribution is -2.39. The molecular weight excluding hydrogens is 218 g/mol. The van der Waals surface area contributed by atoms with Gasteiger partial charge in [0, 0.05) is 18.3 Å². The molecule has 0 radical (unpaired) electrons. The lowest BCUT2D eigenvalue weighted by Gasteiger charge is -2.18. The monoisotopic (exact) mass is 237 g/mol. The zero-order valence-electron chi connectivity index (χ0n) is 9.61. The fourth-order valence-corrected chi connectivity index (χ4v) is 2.38. The third-order valence-corrected chi connectivity index (χ3v) is 2.93. The molecule has 0 bridgehead atoms. The topological polar surface area (TPSA) is 72.5 Å². The lowest BCUT2D eigenvalue weighted by atomic mass is 10.2. The van der Waals surface area contributed by atoms with Crippen molar-refractivity contribution in [3.63, 3.8) is 0 Å². The van der Waals surface area contributed by atoms with Crippen LogP contribution in [0.4, 0.5) is 0 Å². The summed E-state index contributed by atoms with van der Waals surface area (Å²) in [6, 6.07) is -0.256. The second-order valence-electron chi connectivity index (χ2n) is 3.84. The van der Waals surface area contributed by atoms with Crippen LogP contribution in [0.2, 0.25) is 0 Å². The fraction of sp³-hybridized carbons (Fsp3) is 0.889. The van der Waals surface area contributed by atoms with Crippen LogP contribution in [0.15, 0.2) is 0 Å². The van der Waals surface area contributed by atoms with Gasteiger partial charge in [-0.25, -0.2) is 8.42 Å². The van der Waals surface area contributed by atoms with Crippen LogP contribution in [-0.4, -0.2) is 45.6 Å². The van der Waals surface area contributed by atoms with Crippen LogP contribution in [0.25, 0.3) is 0 Å². The van der Waals surface area contributed by atoms with E-state index in [9.17, 15) is 13.2 Å². The number of sulfone groups is 1. The number of ether oxygens (including phenoxy) is 1. The van der Waals surface area contributed by atoms with E-state index in [-0.39, 0.29) is 30.2 Å². The highest BCUT2D eigenvalue weighted by Crippen LogP contribution is 1.97. The Morgan fingerprint density at radius 2 is 1.87 bits per heavy atom. The van der Waals surface area contributed by atoms with Gasteiger partial charge in [-0.2, -0.15) is 0 Å². The Balaban J connectivity index is 3.96. The number of carbonyl (C=O) groups is 1. The van der Waals surface area contributed by atoms with Crippen molar-refractivity contribution in [3.05, 3.63) is 0 Å². The first-order valence-corrected chi connectivity index (χ1v) is 6.81. The maximum absolute atomic E-state index is 11.0. The highest BCUT2D eigenvalue weighted by molar-refractivity contribution is 7.90. The number of rotatable bonds is 6. The van der Waals surface area contributed by atoms with Crippen molar-refractivity contribution in [1.82, 2.24) is 5.32 Å². The zero-order chi connectivity index (χ0) is 12.1. The van der Waals surface area contributed by atoms with E-state index in [1.807, 2.05) is 6.92 Å². The van der Waals surface area contributed by atoms with Crippen molar-refractivity contribution in [3.8, 4) is 0 Å². The number of nitrogens with one attached hydrogen (secondary N) is 1. The molecule has 0 aromatic carbocycles. The van der Waals surface area contributed by atoms with E-state index in [4.69, 9.17) is 0 Å². The Hall–Kier alpha value is -0.620. The number of methoxy groups -OCH3 is 1. The van der Waals surface area contributed by atoms with E-state index in [1.54, 1.807) is 6.92 Å². The molecule has 0 amide bonds. The molecule has 0 aliphatic rings.